The molecule has 0 aromatic heterocycles. The summed E-state index contributed by atoms with van der Waals surface area (Å²) in [6, 6.07) is 3.90. The van der Waals surface area contributed by atoms with Gasteiger partial charge in [-0.05, 0) is 24.6 Å². The summed E-state index contributed by atoms with van der Waals surface area (Å²) in [4.78, 5) is 12.3. The fourth-order valence-corrected chi connectivity index (χ4v) is 4.07. The fraction of sp³-hybridized carbons (Fsp3) is 0.278. The second kappa shape index (κ2) is 8.39. The zero-order valence-electron chi connectivity index (χ0n) is 15.2. The van der Waals surface area contributed by atoms with Gasteiger partial charge in [0.05, 0.1) is 24.2 Å². The number of halogens is 3. The first-order valence-corrected chi connectivity index (χ1v) is 9.93. The lowest BCUT2D eigenvalue weighted by molar-refractivity contribution is 0.102. The number of rotatable bonds is 6. The highest BCUT2D eigenvalue weighted by molar-refractivity contribution is 7.89. The van der Waals surface area contributed by atoms with Crippen molar-refractivity contribution in [3.8, 4) is 5.75 Å². The normalized spacial score (nSPS) is 16.6. The van der Waals surface area contributed by atoms with Crippen LogP contribution in [0.3, 0.4) is 0 Å². The van der Waals surface area contributed by atoms with Crippen LogP contribution in [0.2, 0.25) is 0 Å². The molecule has 0 spiro atoms. The molecule has 1 fully saturated rings. The standard InChI is InChI=1S/C18H17F3N2O5S/c1-27-16-3-2-12(29(25,26)23-11-4-5-28-9-11)8-13(16)18(24)22-17-14(20)6-10(19)7-15(17)21/h2-3,6-8,11,23H,4-5,9H2,1H3,(H,22,24). The van der Waals surface area contributed by atoms with E-state index >= 15 is 0 Å². The Morgan fingerprint density at radius 2 is 1.86 bits per heavy atom. The lowest BCUT2D eigenvalue weighted by atomic mass is 10.1. The van der Waals surface area contributed by atoms with Crippen molar-refractivity contribution in [1.29, 1.82) is 0 Å². The Balaban J connectivity index is 1.92. The Kier molecular flexibility index (Phi) is 6.10. The van der Waals surface area contributed by atoms with E-state index in [9.17, 15) is 26.4 Å². The summed E-state index contributed by atoms with van der Waals surface area (Å²) in [6.07, 6.45) is 0.506. The third-order valence-electron chi connectivity index (χ3n) is 4.22. The molecule has 1 heterocycles. The molecule has 2 aromatic rings. The van der Waals surface area contributed by atoms with Gasteiger partial charge in [0.25, 0.3) is 5.91 Å². The predicted octanol–water partition coefficient (Wildman–Crippen LogP) is 2.43. The number of nitrogens with one attached hydrogen (secondary N) is 2. The average molecular weight is 430 g/mol. The zero-order valence-corrected chi connectivity index (χ0v) is 16.0. The van der Waals surface area contributed by atoms with Crippen LogP contribution in [0, 0.1) is 17.5 Å². The number of hydrogen-bond acceptors (Lipinski definition) is 5. The lowest BCUT2D eigenvalue weighted by Crippen LogP contribution is -2.35. The minimum atomic E-state index is -3.98. The minimum Gasteiger partial charge on any atom is -0.496 e. The molecule has 1 unspecified atom stereocenters. The topological polar surface area (TPSA) is 93.7 Å². The molecule has 0 bridgehead atoms. The summed E-state index contributed by atoms with van der Waals surface area (Å²) in [5.41, 5.74) is -1.14. The maximum Gasteiger partial charge on any atom is 0.259 e. The summed E-state index contributed by atoms with van der Waals surface area (Å²) in [5.74, 6) is -4.84. The predicted molar refractivity (Wildman–Crippen MR) is 96.8 cm³/mol. The highest BCUT2D eigenvalue weighted by atomic mass is 32.2. The van der Waals surface area contributed by atoms with E-state index in [4.69, 9.17) is 9.47 Å². The van der Waals surface area contributed by atoms with Crippen molar-refractivity contribution in [3.63, 3.8) is 0 Å². The Labute approximate surface area is 164 Å². The number of sulfonamides is 1. The van der Waals surface area contributed by atoms with Crippen molar-refractivity contribution >= 4 is 21.6 Å². The Hall–Kier alpha value is -2.63. The van der Waals surface area contributed by atoms with E-state index < -0.39 is 45.1 Å². The number of hydrogen-bond donors (Lipinski definition) is 2. The molecule has 0 saturated carbocycles. The monoisotopic (exact) mass is 430 g/mol. The van der Waals surface area contributed by atoms with E-state index in [1.54, 1.807) is 0 Å². The average Bonchev–Trinajstić information content (AvgIpc) is 3.16. The van der Waals surface area contributed by atoms with Gasteiger partial charge in [-0.2, -0.15) is 0 Å². The molecule has 29 heavy (non-hydrogen) atoms. The summed E-state index contributed by atoms with van der Waals surface area (Å²) >= 11 is 0. The van der Waals surface area contributed by atoms with E-state index in [1.165, 1.54) is 19.2 Å². The zero-order chi connectivity index (χ0) is 21.2. The molecule has 2 N–H and O–H groups in total. The van der Waals surface area contributed by atoms with E-state index in [0.717, 1.165) is 6.07 Å². The first-order chi connectivity index (χ1) is 13.7. The maximum absolute atomic E-state index is 13.8. The van der Waals surface area contributed by atoms with Gasteiger partial charge < -0.3 is 14.8 Å². The summed E-state index contributed by atoms with van der Waals surface area (Å²) in [6.45, 7) is 0.657. The van der Waals surface area contributed by atoms with Gasteiger partial charge in [-0.15, -0.1) is 0 Å². The van der Waals surface area contributed by atoms with Crippen LogP contribution in [0.1, 0.15) is 16.8 Å². The number of amides is 1. The van der Waals surface area contributed by atoms with Gasteiger partial charge >= 0.3 is 0 Å². The molecule has 1 saturated heterocycles. The van der Waals surface area contributed by atoms with Crippen molar-refractivity contribution in [2.75, 3.05) is 25.6 Å². The highest BCUT2D eigenvalue weighted by Crippen LogP contribution is 2.26. The highest BCUT2D eigenvalue weighted by Gasteiger charge is 2.26. The van der Waals surface area contributed by atoms with Crippen LogP contribution < -0.4 is 14.8 Å². The molecule has 3 rings (SSSR count). The van der Waals surface area contributed by atoms with Crippen molar-refractivity contribution in [2.45, 2.75) is 17.4 Å². The van der Waals surface area contributed by atoms with Crippen molar-refractivity contribution in [3.05, 3.63) is 53.3 Å². The van der Waals surface area contributed by atoms with Gasteiger partial charge in [-0.1, -0.05) is 0 Å². The molecule has 7 nitrogen and oxygen atoms in total. The SMILES string of the molecule is COc1ccc(S(=O)(=O)NC2CCOC2)cc1C(=O)Nc1c(F)cc(F)cc1F. The number of benzene rings is 2. The van der Waals surface area contributed by atoms with Crippen LogP contribution in [-0.2, 0) is 14.8 Å². The lowest BCUT2D eigenvalue weighted by Gasteiger charge is -2.14. The van der Waals surface area contributed by atoms with Crippen LogP contribution in [-0.4, -0.2) is 40.7 Å². The number of anilines is 1. The quantitative estimate of drug-likeness (QED) is 0.734. The van der Waals surface area contributed by atoms with E-state index in [0.29, 0.717) is 25.2 Å². The Morgan fingerprint density at radius 1 is 1.17 bits per heavy atom. The van der Waals surface area contributed by atoms with Crippen LogP contribution >= 0.6 is 0 Å². The van der Waals surface area contributed by atoms with Crippen LogP contribution in [0.15, 0.2) is 35.2 Å². The van der Waals surface area contributed by atoms with Crippen LogP contribution in [0.25, 0.3) is 0 Å². The van der Waals surface area contributed by atoms with Gasteiger partial charge in [-0.25, -0.2) is 26.3 Å². The number of methoxy groups -OCH3 is 1. The molecule has 0 aliphatic carbocycles. The van der Waals surface area contributed by atoms with Crippen LogP contribution in [0.4, 0.5) is 18.9 Å². The first kappa shape index (κ1) is 21.1. The molecule has 0 radical (unpaired) electrons. The largest absolute Gasteiger partial charge is 0.496 e. The third kappa shape index (κ3) is 4.69. The van der Waals surface area contributed by atoms with E-state index in [1.807, 2.05) is 5.32 Å². The Bertz CT molecular complexity index is 1020. The smallest absolute Gasteiger partial charge is 0.259 e. The number of carbonyl (C=O) groups excluding carboxylic acids is 1. The van der Waals surface area contributed by atoms with Gasteiger partial charge in [0.15, 0.2) is 11.6 Å². The third-order valence-corrected chi connectivity index (χ3v) is 5.74. The molecule has 1 atom stereocenters. The molecule has 11 heteroatoms. The molecule has 1 amide bonds. The maximum atomic E-state index is 13.8. The minimum absolute atomic E-state index is 0.0198. The van der Waals surface area contributed by atoms with E-state index in [-0.39, 0.29) is 22.8 Å². The molecule has 156 valence electrons. The first-order valence-electron chi connectivity index (χ1n) is 8.45. The Morgan fingerprint density at radius 3 is 2.45 bits per heavy atom. The molecule has 1 aliphatic rings. The molecule has 1 aliphatic heterocycles. The summed E-state index contributed by atoms with van der Waals surface area (Å²) in [7, 11) is -2.74. The van der Waals surface area contributed by atoms with Gasteiger partial charge in [0, 0.05) is 24.8 Å². The van der Waals surface area contributed by atoms with E-state index in [2.05, 4.69) is 4.72 Å². The van der Waals surface area contributed by atoms with Crippen molar-refractivity contribution < 1.29 is 35.9 Å². The van der Waals surface area contributed by atoms with Crippen molar-refractivity contribution in [2.24, 2.45) is 0 Å². The fourth-order valence-electron chi connectivity index (χ4n) is 2.79. The summed E-state index contributed by atoms with van der Waals surface area (Å²) in [5, 5.41) is 1.98. The van der Waals surface area contributed by atoms with Gasteiger partial charge in [-0.3, -0.25) is 4.79 Å². The van der Waals surface area contributed by atoms with Gasteiger partial charge in [0.2, 0.25) is 10.0 Å². The second-order valence-electron chi connectivity index (χ2n) is 6.24. The molecular weight excluding hydrogens is 413 g/mol. The second-order valence-corrected chi connectivity index (χ2v) is 7.96. The molecular formula is C18H17F3N2O5S. The molecule has 2 aromatic carbocycles. The van der Waals surface area contributed by atoms with Gasteiger partial charge in [0.1, 0.15) is 17.3 Å². The number of carbonyl (C=O) groups is 1. The van der Waals surface area contributed by atoms with Crippen LogP contribution in [0.5, 0.6) is 5.75 Å². The van der Waals surface area contributed by atoms with Crippen molar-refractivity contribution in [1.82, 2.24) is 4.72 Å². The summed E-state index contributed by atoms with van der Waals surface area (Å²) < 4.78 is 78.4. The number of ether oxygens (including phenoxy) is 2.